The van der Waals surface area contributed by atoms with E-state index in [2.05, 4.69) is 4.98 Å². The minimum Gasteiger partial charge on any atom is -0.341 e. The van der Waals surface area contributed by atoms with E-state index in [1.165, 1.54) is 6.20 Å². The smallest absolute Gasteiger partial charge is 0.280 e. The van der Waals surface area contributed by atoms with Gasteiger partial charge in [-0.3, -0.25) is 24.3 Å². The molecule has 0 fully saturated rings. The summed E-state index contributed by atoms with van der Waals surface area (Å²) in [6.07, 6.45) is 3.15. The average Bonchev–Trinajstić information content (AvgIpc) is 2.72. The molecule has 0 N–H and O–H groups in total. The van der Waals surface area contributed by atoms with Crippen molar-refractivity contribution >= 4 is 17.7 Å². The van der Waals surface area contributed by atoms with E-state index < -0.39 is 11.8 Å². The van der Waals surface area contributed by atoms with Crippen molar-refractivity contribution in [2.24, 2.45) is 0 Å². The first kappa shape index (κ1) is 15.2. The summed E-state index contributed by atoms with van der Waals surface area (Å²) in [5.74, 6) is -1.13. The van der Waals surface area contributed by atoms with Crippen molar-refractivity contribution in [3.8, 4) is 0 Å². The highest BCUT2D eigenvalue weighted by molar-refractivity contribution is 6.21. The molecule has 0 saturated heterocycles. The zero-order valence-corrected chi connectivity index (χ0v) is 12.3. The minimum absolute atomic E-state index is 0.132. The predicted octanol–water partition coefficient (Wildman–Crippen LogP) is 1.33. The molecule has 0 atom stereocenters. The Bertz CT molecular complexity index is 530. The SMILES string of the molecule is CCCN(CCC)C(=O)CN1C(=O)c2cccnc2C1=O. The van der Waals surface area contributed by atoms with Crippen molar-refractivity contribution < 1.29 is 14.4 Å². The van der Waals surface area contributed by atoms with E-state index in [0.29, 0.717) is 13.1 Å². The van der Waals surface area contributed by atoms with E-state index in [-0.39, 0.29) is 23.7 Å². The molecule has 0 spiro atoms. The number of hydrogen-bond donors (Lipinski definition) is 0. The molecule has 0 aliphatic carbocycles. The van der Waals surface area contributed by atoms with Gasteiger partial charge in [-0.1, -0.05) is 13.8 Å². The summed E-state index contributed by atoms with van der Waals surface area (Å²) in [7, 11) is 0. The van der Waals surface area contributed by atoms with Crippen LogP contribution in [0.3, 0.4) is 0 Å². The molecule has 3 amide bonds. The van der Waals surface area contributed by atoms with Gasteiger partial charge in [-0.2, -0.15) is 0 Å². The molecule has 112 valence electrons. The van der Waals surface area contributed by atoms with Gasteiger partial charge in [-0.15, -0.1) is 0 Å². The van der Waals surface area contributed by atoms with Gasteiger partial charge in [0, 0.05) is 19.3 Å². The first-order valence-corrected chi connectivity index (χ1v) is 7.19. The van der Waals surface area contributed by atoms with Crippen LogP contribution >= 0.6 is 0 Å². The summed E-state index contributed by atoms with van der Waals surface area (Å²) in [6, 6.07) is 3.17. The Kier molecular flexibility index (Phi) is 4.67. The Morgan fingerprint density at radius 2 is 1.86 bits per heavy atom. The summed E-state index contributed by atoms with van der Waals surface area (Å²) in [4.78, 5) is 43.2. The fourth-order valence-corrected chi connectivity index (χ4v) is 2.39. The molecule has 0 radical (unpaired) electrons. The molecule has 21 heavy (non-hydrogen) atoms. The number of imide groups is 1. The zero-order chi connectivity index (χ0) is 15.4. The second-order valence-electron chi connectivity index (χ2n) is 4.98. The number of rotatable bonds is 6. The van der Waals surface area contributed by atoms with Gasteiger partial charge in [0.2, 0.25) is 5.91 Å². The van der Waals surface area contributed by atoms with Gasteiger partial charge < -0.3 is 4.90 Å². The third kappa shape index (κ3) is 2.94. The third-order valence-electron chi connectivity index (χ3n) is 3.36. The zero-order valence-electron chi connectivity index (χ0n) is 12.3. The van der Waals surface area contributed by atoms with Crippen LogP contribution in [0, 0.1) is 0 Å². The van der Waals surface area contributed by atoms with Gasteiger partial charge in [-0.05, 0) is 25.0 Å². The van der Waals surface area contributed by atoms with Crippen LogP contribution in [0.5, 0.6) is 0 Å². The topological polar surface area (TPSA) is 70.6 Å². The van der Waals surface area contributed by atoms with E-state index >= 15 is 0 Å². The monoisotopic (exact) mass is 289 g/mol. The molecule has 1 aliphatic heterocycles. The first-order chi connectivity index (χ1) is 10.1. The molecule has 6 heteroatoms. The largest absolute Gasteiger partial charge is 0.341 e. The van der Waals surface area contributed by atoms with Crippen LogP contribution in [0.25, 0.3) is 0 Å². The first-order valence-electron chi connectivity index (χ1n) is 7.19. The quantitative estimate of drug-likeness (QED) is 0.741. The van der Waals surface area contributed by atoms with E-state index in [1.807, 2.05) is 13.8 Å². The number of aromatic nitrogens is 1. The Morgan fingerprint density at radius 3 is 2.43 bits per heavy atom. The lowest BCUT2D eigenvalue weighted by Gasteiger charge is -2.23. The third-order valence-corrected chi connectivity index (χ3v) is 3.36. The molecule has 1 aromatic rings. The fraction of sp³-hybridized carbons (Fsp3) is 0.467. The standard InChI is InChI=1S/C15H19N3O3/c1-3-8-17(9-4-2)12(19)10-18-14(20)11-6-5-7-16-13(11)15(18)21/h5-7H,3-4,8-10H2,1-2H3. The highest BCUT2D eigenvalue weighted by atomic mass is 16.2. The van der Waals surface area contributed by atoms with Crippen molar-refractivity contribution in [1.82, 2.24) is 14.8 Å². The maximum absolute atomic E-state index is 12.3. The summed E-state index contributed by atoms with van der Waals surface area (Å²) in [5, 5.41) is 0. The van der Waals surface area contributed by atoms with Crippen LogP contribution in [0.1, 0.15) is 47.5 Å². The number of carbonyl (C=O) groups is 3. The molecule has 1 aliphatic rings. The molecular weight excluding hydrogens is 270 g/mol. The van der Waals surface area contributed by atoms with E-state index in [1.54, 1.807) is 17.0 Å². The summed E-state index contributed by atoms with van der Waals surface area (Å²) in [6.45, 7) is 5.03. The molecule has 0 saturated carbocycles. The predicted molar refractivity (Wildman–Crippen MR) is 76.8 cm³/mol. The molecule has 6 nitrogen and oxygen atoms in total. The Hall–Kier alpha value is -2.24. The number of nitrogens with zero attached hydrogens (tertiary/aromatic N) is 3. The van der Waals surface area contributed by atoms with Crippen LogP contribution in [-0.4, -0.2) is 52.1 Å². The highest BCUT2D eigenvalue weighted by Crippen LogP contribution is 2.20. The van der Waals surface area contributed by atoms with Crippen molar-refractivity contribution in [2.45, 2.75) is 26.7 Å². The van der Waals surface area contributed by atoms with Crippen molar-refractivity contribution in [1.29, 1.82) is 0 Å². The van der Waals surface area contributed by atoms with Crippen molar-refractivity contribution in [3.05, 3.63) is 29.6 Å². The lowest BCUT2D eigenvalue weighted by Crippen LogP contribution is -2.43. The molecule has 0 bridgehead atoms. The highest BCUT2D eigenvalue weighted by Gasteiger charge is 2.38. The van der Waals surface area contributed by atoms with E-state index in [4.69, 9.17) is 0 Å². The van der Waals surface area contributed by atoms with Crippen LogP contribution in [0.15, 0.2) is 18.3 Å². The van der Waals surface area contributed by atoms with E-state index in [0.717, 1.165) is 17.7 Å². The summed E-state index contributed by atoms with van der Waals surface area (Å²) >= 11 is 0. The summed E-state index contributed by atoms with van der Waals surface area (Å²) < 4.78 is 0. The second-order valence-corrected chi connectivity index (χ2v) is 4.98. The Balaban J connectivity index is 2.12. The Labute approximate surface area is 123 Å². The minimum atomic E-state index is -0.489. The fourth-order valence-electron chi connectivity index (χ4n) is 2.39. The molecule has 0 aromatic carbocycles. The normalized spacial score (nSPS) is 13.5. The maximum Gasteiger partial charge on any atom is 0.280 e. The maximum atomic E-state index is 12.3. The van der Waals surface area contributed by atoms with Gasteiger partial charge in [-0.25, -0.2) is 0 Å². The van der Waals surface area contributed by atoms with Crippen molar-refractivity contribution in [3.63, 3.8) is 0 Å². The van der Waals surface area contributed by atoms with Gasteiger partial charge in [0.15, 0.2) is 0 Å². The lowest BCUT2D eigenvalue weighted by molar-refractivity contribution is -0.131. The number of pyridine rings is 1. The van der Waals surface area contributed by atoms with Crippen LogP contribution in [-0.2, 0) is 4.79 Å². The molecule has 1 aromatic heterocycles. The van der Waals surface area contributed by atoms with Crippen LogP contribution < -0.4 is 0 Å². The van der Waals surface area contributed by atoms with E-state index in [9.17, 15) is 14.4 Å². The number of fused-ring (bicyclic) bond motifs is 1. The van der Waals surface area contributed by atoms with Gasteiger partial charge in [0.05, 0.1) is 5.56 Å². The number of hydrogen-bond acceptors (Lipinski definition) is 4. The van der Waals surface area contributed by atoms with Crippen LogP contribution in [0.4, 0.5) is 0 Å². The van der Waals surface area contributed by atoms with Crippen molar-refractivity contribution in [2.75, 3.05) is 19.6 Å². The molecule has 0 unspecified atom stereocenters. The molecular formula is C15H19N3O3. The number of carbonyl (C=O) groups excluding carboxylic acids is 3. The molecule has 2 heterocycles. The average molecular weight is 289 g/mol. The molecule has 2 rings (SSSR count). The Morgan fingerprint density at radius 1 is 1.19 bits per heavy atom. The van der Waals surface area contributed by atoms with Gasteiger partial charge in [0.1, 0.15) is 12.2 Å². The van der Waals surface area contributed by atoms with Gasteiger partial charge in [0.25, 0.3) is 11.8 Å². The lowest BCUT2D eigenvalue weighted by atomic mass is 10.2. The summed E-state index contributed by atoms with van der Waals surface area (Å²) in [5.41, 5.74) is 0.403. The van der Waals surface area contributed by atoms with Gasteiger partial charge >= 0.3 is 0 Å². The van der Waals surface area contributed by atoms with Crippen LogP contribution in [0.2, 0.25) is 0 Å². The second kappa shape index (κ2) is 6.47. The number of amides is 3.